The molecule has 1 fully saturated rings. The molecule has 0 bridgehead atoms. The standard InChI is InChI=1S/C16H19N3S/c1-10-6-7-14(11(2)8-10)17-16(20)19-18-15-9-12-4-3-5-13(12)15/h3,5-8,12-13H,4,9H2,1-2H3,(H2,17,19,20)/b18-15-/t12-,13+/m1/s1. The molecule has 1 saturated carbocycles. The number of rotatable bonds is 2. The molecule has 3 nitrogen and oxygen atoms in total. The Labute approximate surface area is 125 Å². The van der Waals surface area contributed by atoms with Gasteiger partial charge in [-0.15, -0.1) is 0 Å². The number of thiocarbonyl (C=S) groups is 1. The molecular weight excluding hydrogens is 266 g/mol. The summed E-state index contributed by atoms with van der Waals surface area (Å²) in [6.07, 6.45) is 6.81. The lowest BCUT2D eigenvalue weighted by molar-refractivity contribution is 0.444. The number of hydrogen-bond acceptors (Lipinski definition) is 2. The molecule has 0 aromatic heterocycles. The van der Waals surface area contributed by atoms with Crippen molar-refractivity contribution in [2.24, 2.45) is 16.9 Å². The first kappa shape index (κ1) is 13.3. The lowest BCUT2D eigenvalue weighted by Gasteiger charge is -2.31. The highest BCUT2D eigenvalue weighted by Gasteiger charge is 2.37. The summed E-state index contributed by atoms with van der Waals surface area (Å²) in [6, 6.07) is 6.26. The Balaban J connectivity index is 1.57. The highest BCUT2D eigenvalue weighted by Crippen LogP contribution is 2.40. The summed E-state index contributed by atoms with van der Waals surface area (Å²) in [6.45, 7) is 4.16. The SMILES string of the molecule is Cc1ccc(NC(=S)N/N=C2/C[C@H]3CC=C[C@H]23)c(C)c1. The van der Waals surface area contributed by atoms with Gasteiger partial charge in [-0.25, -0.2) is 0 Å². The third kappa shape index (κ3) is 2.61. The van der Waals surface area contributed by atoms with Crippen LogP contribution in [-0.4, -0.2) is 10.8 Å². The van der Waals surface area contributed by atoms with Gasteiger partial charge in [0.2, 0.25) is 0 Å². The first-order valence-corrected chi connectivity index (χ1v) is 7.41. The van der Waals surface area contributed by atoms with E-state index in [0.717, 1.165) is 18.0 Å². The molecule has 20 heavy (non-hydrogen) atoms. The van der Waals surface area contributed by atoms with Gasteiger partial charge in [0.15, 0.2) is 5.11 Å². The minimum Gasteiger partial charge on any atom is -0.331 e. The maximum atomic E-state index is 5.29. The summed E-state index contributed by atoms with van der Waals surface area (Å²) in [4.78, 5) is 0. The van der Waals surface area contributed by atoms with Gasteiger partial charge < -0.3 is 5.32 Å². The molecule has 0 aliphatic heterocycles. The minimum atomic E-state index is 0.548. The molecule has 0 amide bonds. The van der Waals surface area contributed by atoms with Crippen LogP contribution >= 0.6 is 12.2 Å². The van der Waals surface area contributed by atoms with Crippen molar-refractivity contribution in [2.75, 3.05) is 5.32 Å². The first-order chi connectivity index (χ1) is 9.63. The van der Waals surface area contributed by atoms with E-state index in [1.807, 2.05) is 6.07 Å². The number of anilines is 1. The van der Waals surface area contributed by atoms with E-state index in [-0.39, 0.29) is 0 Å². The predicted molar refractivity (Wildman–Crippen MR) is 88.1 cm³/mol. The van der Waals surface area contributed by atoms with Crippen LogP contribution in [0.2, 0.25) is 0 Å². The fourth-order valence-corrected chi connectivity index (χ4v) is 3.04. The number of nitrogens with zero attached hydrogens (tertiary/aromatic N) is 1. The molecule has 4 heteroatoms. The zero-order valence-corrected chi connectivity index (χ0v) is 12.6. The molecule has 2 N–H and O–H groups in total. The van der Waals surface area contributed by atoms with Gasteiger partial charge in [-0.2, -0.15) is 5.10 Å². The molecule has 104 valence electrons. The maximum Gasteiger partial charge on any atom is 0.191 e. The topological polar surface area (TPSA) is 36.4 Å². The molecular formula is C16H19N3S. The number of benzene rings is 1. The summed E-state index contributed by atoms with van der Waals surface area (Å²) in [5, 5.41) is 8.17. The van der Waals surface area contributed by atoms with Crippen molar-refractivity contribution in [1.29, 1.82) is 0 Å². The molecule has 0 radical (unpaired) electrons. The Kier molecular flexibility index (Phi) is 3.57. The molecule has 3 rings (SSSR count). The zero-order valence-electron chi connectivity index (χ0n) is 11.8. The van der Waals surface area contributed by atoms with Crippen LogP contribution in [0.15, 0.2) is 35.5 Å². The number of fused-ring (bicyclic) bond motifs is 1. The second kappa shape index (κ2) is 5.37. The Morgan fingerprint density at radius 2 is 2.20 bits per heavy atom. The largest absolute Gasteiger partial charge is 0.331 e. The van der Waals surface area contributed by atoms with Gasteiger partial charge in [-0.3, -0.25) is 5.43 Å². The molecule has 1 aromatic rings. The van der Waals surface area contributed by atoms with Crippen molar-refractivity contribution >= 4 is 28.7 Å². The van der Waals surface area contributed by atoms with Gasteiger partial charge >= 0.3 is 0 Å². The van der Waals surface area contributed by atoms with Crippen LogP contribution < -0.4 is 10.7 Å². The number of nitrogens with one attached hydrogen (secondary N) is 2. The van der Waals surface area contributed by atoms with Crippen molar-refractivity contribution in [3.8, 4) is 0 Å². The first-order valence-electron chi connectivity index (χ1n) is 7.01. The van der Waals surface area contributed by atoms with Crippen molar-refractivity contribution < 1.29 is 0 Å². The van der Waals surface area contributed by atoms with Crippen molar-refractivity contribution in [2.45, 2.75) is 26.7 Å². The molecule has 0 heterocycles. The Morgan fingerprint density at radius 1 is 1.35 bits per heavy atom. The van der Waals surface area contributed by atoms with Gasteiger partial charge in [0.1, 0.15) is 0 Å². The lowest BCUT2D eigenvalue weighted by Crippen LogP contribution is -2.36. The third-order valence-corrected chi connectivity index (χ3v) is 4.27. The monoisotopic (exact) mass is 285 g/mol. The summed E-state index contributed by atoms with van der Waals surface area (Å²) in [7, 11) is 0. The van der Waals surface area contributed by atoms with Crippen LogP contribution in [0.3, 0.4) is 0 Å². The molecule has 1 aromatic carbocycles. The van der Waals surface area contributed by atoms with Crippen LogP contribution in [0.1, 0.15) is 24.0 Å². The van der Waals surface area contributed by atoms with Gasteiger partial charge in [-0.05, 0) is 56.5 Å². The Bertz CT molecular complexity index is 604. The van der Waals surface area contributed by atoms with Gasteiger partial charge in [0, 0.05) is 17.3 Å². The molecule has 2 aliphatic rings. The normalized spacial score (nSPS) is 25.2. The van der Waals surface area contributed by atoms with Crippen LogP contribution in [0.4, 0.5) is 5.69 Å². The second-order valence-electron chi connectivity index (χ2n) is 5.64. The predicted octanol–water partition coefficient (Wildman–Crippen LogP) is 3.54. The zero-order chi connectivity index (χ0) is 14.1. The van der Waals surface area contributed by atoms with Gasteiger partial charge in [0.25, 0.3) is 0 Å². The molecule has 2 atom stereocenters. The lowest BCUT2D eigenvalue weighted by atomic mass is 9.74. The van der Waals surface area contributed by atoms with E-state index in [1.165, 1.54) is 23.3 Å². The molecule has 0 spiro atoms. The smallest absolute Gasteiger partial charge is 0.191 e. The fourth-order valence-electron chi connectivity index (χ4n) is 2.89. The molecule has 0 saturated heterocycles. The number of aryl methyl sites for hydroxylation is 2. The minimum absolute atomic E-state index is 0.548. The Hall–Kier alpha value is -1.68. The van der Waals surface area contributed by atoms with E-state index in [2.05, 4.69) is 54.0 Å². The van der Waals surface area contributed by atoms with Crippen LogP contribution in [0.5, 0.6) is 0 Å². The third-order valence-electron chi connectivity index (χ3n) is 4.08. The van der Waals surface area contributed by atoms with E-state index in [9.17, 15) is 0 Å². The van der Waals surface area contributed by atoms with E-state index < -0.39 is 0 Å². The highest BCUT2D eigenvalue weighted by atomic mass is 32.1. The fraction of sp³-hybridized carbons (Fsp3) is 0.375. The Morgan fingerprint density at radius 3 is 2.95 bits per heavy atom. The van der Waals surface area contributed by atoms with Crippen LogP contribution in [-0.2, 0) is 0 Å². The van der Waals surface area contributed by atoms with Crippen LogP contribution in [0.25, 0.3) is 0 Å². The molecule has 0 unspecified atom stereocenters. The van der Waals surface area contributed by atoms with E-state index >= 15 is 0 Å². The molecule has 2 aliphatic carbocycles. The van der Waals surface area contributed by atoms with Crippen molar-refractivity contribution in [3.63, 3.8) is 0 Å². The summed E-state index contributed by atoms with van der Waals surface area (Å²) < 4.78 is 0. The van der Waals surface area contributed by atoms with E-state index in [4.69, 9.17) is 12.2 Å². The summed E-state index contributed by atoms with van der Waals surface area (Å²) in [5.41, 5.74) is 7.64. The van der Waals surface area contributed by atoms with E-state index in [0.29, 0.717) is 11.0 Å². The summed E-state index contributed by atoms with van der Waals surface area (Å²) >= 11 is 5.29. The van der Waals surface area contributed by atoms with Crippen molar-refractivity contribution in [3.05, 3.63) is 41.5 Å². The maximum absolute atomic E-state index is 5.29. The van der Waals surface area contributed by atoms with Crippen LogP contribution in [0, 0.1) is 25.7 Å². The second-order valence-corrected chi connectivity index (χ2v) is 6.05. The average Bonchev–Trinajstić information content (AvgIpc) is 2.75. The van der Waals surface area contributed by atoms with E-state index in [1.54, 1.807) is 0 Å². The number of allylic oxidation sites excluding steroid dienone is 2. The van der Waals surface area contributed by atoms with Gasteiger partial charge in [0.05, 0.1) is 0 Å². The quantitative estimate of drug-likeness (QED) is 0.496. The summed E-state index contributed by atoms with van der Waals surface area (Å²) in [5.74, 6) is 1.34. The number of hydrogen-bond donors (Lipinski definition) is 2. The van der Waals surface area contributed by atoms with Gasteiger partial charge in [-0.1, -0.05) is 29.8 Å². The average molecular weight is 285 g/mol. The highest BCUT2D eigenvalue weighted by molar-refractivity contribution is 7.80. The van der Waals surface area contributed by atoms with Crippen molar-refractivity contribution in [1.82, 2.24) is 5.43 Å². The number of hydrazone groups is 1.